The van der Waals surface area contributed by atoms with Crippen LogP contribution in [0.4, 0.5) is 0 Å². The van der Waals surface area contributed by atoms with Gasteiger partial charge in [-0.3, -0.25) is 5.41 Å². The van der Waals surface area contributed by atoms with E-state index in [1.54, 1.807) is 11.8 Å². The average Bonchev–Trinajstić information content (AvgIpc) is 2.79. The smallest absolute Gasteiger partial charge is 0.118 e. The van der Waals surface area contributed by atoms with Crippen molar-refractivity contribution in [1.29, 1.82) is 5.41 Å². The van der Waals surface area contributed by atoms with Crippen molar-refractivity contribution < 1.29 is 4.42 Å². The van der Waals surface area contributed by atoms with Gasteiger partial charge in [0.05, 0.1) is 24.7 Å². The lowest BCUT2D eigenvalue weighted by Gasteiger charge is -2.06. The molecule has 0 aliphatic rings. The Bertz CT molecular complexity index is 434. The summed E-state index contributed by atoms with van der Waals surface area (Å²) in [4.78, 5) is 2.08. The third kappa shape index (κ3) is 6.94. The van der Waals surface area contributed by atoms with E-state index < -0.39 is 0 Å². The van der Waals surface area contributed by atoms with Gasteiger partial charge < -0.3 is 14.6 Å². The molecule has 0 aliphatic heterocycles. The second kappa shape index (κ2) is 8.68. The van der Waals surface area contributed by atoms with Crippen molar-refractivity contribution in [2.75, 3.05) is 26.4 Å². The summed E-state index contributed by atoms with van der Waals surface area (Å²) in [7, 11) is 4.04. The molecule has 104 valence electrons. The normalized spacial score (nSPS) is 10.4. The van der Waals surface area contributed by atoms with Gasteiger partial charge >= 0.3 is 0 Å². The summed E-state index contributed by atoms with van der Waals surface area (Å²) in [6, 6.07) is 4.04. The van der Waals surface area contributed by atoms with Crippen molar-refractivity contribution in [2.45, 2.75) is 18.7 Å². The molecule has 0 saturated carbocycles. The van der Waals surface area contributed by atoms with Crippen LogP contribution in [-0.4, -0.2) is 37.1 Å². The minimum Gasteiger partial charge on any atom is -0.464 e. The molecule has 0 amide bonds. The van der Waals surface area contributed by atoms with E-state index in [4.69, 9.17) is 16.2 Å². The van der Waals surface area contributed by atoms with Crippen LogP contribution in [0.2, 0.25) is 0 Å². The largest absolute Gasteiger partial charge is 0.464 e. The molecule has 2 N–H and O–H groups in total. The van der Waals surface area contributed by atoms with Gasteiger partial charge in [0, 0.05) is 12.2 Å². The average molecular weight is 279 g/mol. The molecule has 1 aromatic rings. The molecular weight excluding hydrogens is 258 g/mol. The monoisotopic (exact) mass is 279 g/mol. The first kappa shape index (κ1) is 15.7. The Hall–Kier alpha value is -1.38. The Balaban J connectivity index is 2.17. The molecule has 4 nitrogen and oxygen atoms in total. The Labute approximate surface area is 119 Å². The lowest BCUT2D eigenvalue weighted by molar-refractivity contribution is 0.344. The highest BCUT2D eigenvalue weighted by Gasteiger charge is 2.03. The highest BCUT2D eigenvalue weighted by molar-refractivity contribution is 7.98. The van der Waals surface area contributed by atoms with E-state index in [2.05, 4.69) is 16.1 Å². The molecule has 5 heteroatoms. The van der Waals surface area contributed by atoms with Crippen molar-refractivity contribution in [2.24, 2.45) is 0 Å². The van der Waals surface area contributed by atoms with Gasteiger partial charge in [-0.25, -0.2) is 0 Å². The number of amidine groups is 1. The molecule has 0 bridgehead atoms. The molecule has 0 saturated heterocycles. The Morgan fingerprint density at radius 3 is 2.89 bits per heavy atom. The quantitative estimate of drug-likeness (QED) is 0.331. The number of furan rings is 1. The third-order valence-corrected chi connectivity index (χ3v) is 3.32. The molecule has 0 unspecified atom stereocenters. The number of terminal acetylenes is 1. The van der Waals surface area contributed by atoms with Crippen LogP contribution in [0.25, 0.3) is 0 Å². The summed E-state index contributed by atoms with van der Waals surface area (Å²) in [5.41, 5.74) is 0. The summed E-state index contributed by atoms with van der Waals surface area (Å²) in [6.07, 6.45) is 5.82. The number of thioether (sulfide) groups is 1. The third-order valence-electron chi connectivity index (χ3n) is 2.33. The molecule has 0 radical (unpaired) electrons. The molecule has 0 spiro atoms. The molecule has 0 aliphatic carbocycles. The summed E-state index contributed by atoms with van der Waals surface area (Å²) in [6.45, 7) is 1.25. The predicted octanol–water partition coefficient (Wildman–Crippen LogP) is 2.16. The zero-order chi connectivity index (χ0) is 14.1. The second-order valence-corrected chi connectivity index (χ2v) is 5.55. The van der Waals surface area contributed by atoms with Crippen molar-refractivity contribution in [3.05, 3.63) is 23.7 Å². The van der Waals surface area contributed by atoms with E-state index in [0.29, 0.717) is 18.8 Å². The van der Waals surface area contributed by atoms with Crippen LogP contribution in [0.3, 0.4) is 0 Å². The van der Waals surface area contributed by atoms with Crippen LogP contribution in [0.15, 0.2) is 16.5 Å². The van der Waals surface area contributed by atoms with E-state index in [0.717, 1.165) is 29.6 Å². The SMILES string of the molecule is C#CCNC(=N)CCSCc1ccc(CN(C)C)o1. The van der Waals surface area contributed by atoms with Crippen LogP contribution in [0, 0.1) is 17.8 Å². The van der Waals surface area contributed by atoms with E-state index in [9.17, 15) is 0 Å². The summed E-state index contributed by atoms with van der Waals surface area (Å²) in [5, 5.41) is 10.5. The topological polar surface area (TPSA) is 52.3 Å². The van der Waals surface area contributed by atoms with Crippen LogP contribution in [-0.2, 0) is 12.3 Å². The number of hydrogen-bond donors (Lipinski definition) is 2. The minimum absolute atomic E-state index is 0.426. The lowest BCUT2D eigenvalue weighted by atomic mass is 10.4. The van der Waals surface area contributed by atoms with Crippen molar-refractivity contribution in [3.8, 4) is 12.3 Å². The number of nitrogens with zero attached hydrogens (tertiary/aromatic N) is 1. The molecule has 19 heavy (non-hydrogen) atoms. The first-order valence-electron chi connectivity index (χ1n) is 6.16. The molecule has 0 fully saturated rings. The van der Waals surface area contributed by atoms with Crippen LogP contribution in [0.5, 0.6) is 0 Å². The van der Waals surface area contributed by atoms with Crippen molar-refractivity contribution in [3.63, 3.8) is 0 Å². The maximum atomic E-state index is 7.61. The number of rotatable bonds is 8. The van der Waals surface area contributed by atoms with E-state index in [1.807, 2.05) is 26.2 Å². The Morgan fingerprint density at radius 2 is 2.21 bits per heavy atom. The summed E-state index contributed by atoms with van der Waals surface area (Å²) in [5.74, 6) is 6.67. The fourth-order valence-electron chi connectivity index (χ4n) is 1.49. The Morgan fingerprint density at radius 1 is 1.47 bits per heavy atom. The van der Waals surface area contributed by atoms with Crippen molar-refractivity contribution >= 4 is 17.6 Å². The molecule has 1 heterocycles. The van der Waals surface area contributed by atoms with Gasteiger partial charge in [-0.1, -0.05) is 5.92 Å². The minimum atomic E-state index is 0.426. The lowest BCUT2D eigenvalue weighted by Crippen LogP contribution is -2.22. The van der Waals surface area contributed by atoms with Crippen molar-refractivity contribution in [1.82, 2.24) is 10.2 Å². The Kier molecular flexibility index (Phi) is 7.16. The fourth-order valence-corrected chi connectivity index (χ4v) is 2.34. The zero-order valence-corrected chi connectivity index (χ0v) is 12.3. The molecule has 1 aromatic heterocycles. The second-order valence-electron chi connectivity index (χ2n) is 4.44. The van der Waals surface area contributed by atoms with E-state index >= 15 is 0 Å². The summed E-state index contributed by atoms with van der Waals surface area (Å²) < 4.78 is 5.71. The number of nitrogens with one attached hydrogen (secondary N) is 2. The maximum absolute atomic E-state index is 7.61. The highest BCUT2D eigenvalue weighted by atomic mass is 32.2. The highest BCUT2D eigenvalue weighted by Crippen LogP contribution is 2.16. The molecular formula is C14H21N3OS. The van der Waals surface area contributed by atoms with E-state index in [-0.39, 0.29) is 0 Å². The molecule has 1 rings (SSSR count). The zero-order valence-electron chi connectivity index (χ0n) is 11.5. The fraction of sp³-hybridized carbons (Fsp3) is 0.500. The van der Waals surface area contributed by atoms with Crippen LogP contribution < -0.4 is 5.32 Å². The van der Waals surface area contributed by atoms with E-state index in [1.165, 1.54) is 0 Å². The van der Waals surface area contributed by atoms with Gasteiger partial charge in [-0.2, -0.15) is 11.8 Å². The van der Waals surface area contributed by atoms with Crippen LogP contribution in [0.1, 0.15) is 17.9 Å². The first-order valence-corrected chi connectivity index (χ1v) is 7.32. The molecule has 0 aromatic carbocycles. The predicted molar refractivity (Wildman–Crippen MR) is 81.4 cm³/mol. The van der Waals surface area contributed by atoms with Gasteiger partial charge in [-0.05, 0) is 26.2 Å². The van der Waals surface area contributed by atoms with Gasteiger partial charge in [0.15, 0.2) is 0 Å². The van der Waals surface area contributed by atoms with Gasteiger partial charge in [0.1, 0.15) is 11.5 Å². The van der Waals surface area contributed by atoms with Crippen LogP contribution >= 0.6 is 11.8 Å². The summed E-state index contributed by atoms with van der Waals surface area (Å²) >= 11 is 1.76. The number of hydrogen-bond acceptors (Lipinski definition) is 4. The molecule has 0 atom stereocenters. The maximum Gasteiger partial charge on any atom is 0.118 e. The standard InChI is InChI=1S/C14H21N3OS/c1-4-8-16-14(15)7-9-19-11-13-6-5-12(18-13)10-17(2)3/h1,5-6H,7-11H2,2-3H3,(H2,15,16). The van der Waals surface area contributed by atoms with Gasteiger partial charge in [0.25, 0.3) is 0 Å². The van der Waals surface area contributed by atoms with Gasteiger partial charge in [0.2, 0.25) is 0 Å². The first-order chi connectivity index (χ1) is 9.11. The van der Waals surface area contributed by atoms with Gasteiger partial charge in [-0.15, -0.1) is 6.42 Å².